The van der Waals surface area contributed by atoms with Gasteiger partial charge in [-0.05, 0) is 30.3 Å². The van der Waals surface area contributed by atoms with E-state index in [1.54, 1.807) is 17.0 Å². The first kappa shape index (κ1) is 24.6. The zero-order valence-electron chi connectivity index (χ0n) is 18.7. The number of piperidine rings is 1. The zero-order chi connectivity index (χ0) is 25.2. The Hall–Kier alpha value is -3.53. The fourth-order valence-corrected chi connectivity index (χ4v) is 4.17. The van der Waals surface area contributed by atoms with Crippen LogP contribution in [0.4, 0.5) is 24.7 Å². The number of amides is 1. The third-order valence-electron chi connectivity index (χ3n) is 5.68. The van der Waals surface area contributed by atoms with Gasteiger partial charge < -0.3 is 19.7 Å². The van der Waals surface area contributed by atoms with Gasteiger partial charge in [0.15, 0.2) is 11.5 Å². The summed E-state index contributed by atoms with van der Waals surface area (Å²) in [4.78, 5) is 22.1. The Kier molecular flexibility index (Phi) is 7.02. The quantitative estimate of drug-likeness (QED) is 0.438. The number of anilines is 2. The number of fused-ring (bicyclic) bond motifs is 1. The second-order valence-electron chi connectivity index (χ2n) is 7.91. The highest BCUT2D eigenvalue weighted by Gasteiger charge is 2.33. The van der Waals surface area contributed by atoms with E-state index in [-0.39, 0.29) is 12.0 Å². The average molecular weight is 507 g/mol. The van der Waals surface area contributed by atoms with Gasteiger partial charge in [0.1, 0.15) is 18.2 Å². The summed E-state index contributed by atoms with van der Waals surface area (Å²) >= 11 is 5.85. The van der Waals surface area contributed by atoms with Crippen molar-refractivity contribution < 1.29 is 27.4 Å². The van der Waals surface area contributed by atoms with E-state index in [0.717, 1.165) is 6.07 Å². The van der Waals surface area contributed by atoms with Crippen LogP contribution in [0.25, 0.3) is 10.9 Å². The maximum Gasteiger partial charge on any atom is 0.417 e. The lowest BCUT2D eigenvalue weighted by atomic mass is 10.1. The smallest absolute Gasteiger partial charge is 0.417 e. The molecule has 1 aliphatic heterocycles. The predicted molar refractivity (Wildman–Crippen MR) is 126 cm³/mol. The SMILES string of the molecule is C=CC(=O)N1CCC(Oc2cc3c(Nc4ccc(C(F)(F)F)c(Cl)c4)ncnc3cc2OC)CC1. The van der Waals surface area contributed by atoms with Crippen molar-refractivity contribution in [3.05, 3.63) is 59.9 Å². The minimum Gasteiger partial charge on any atom is -0.493 e. The first-order valence-corrected chi connectivity index (χ1v) is 11.1. The molecule has 0 bridgehead atoms. The molecule has 0 atom stereocenters. The number of aromatic nitrogens is 2. The zero-order valence-corrected chi connectivity index (χ0v) is 19.5. The third kappa shape index (κ3) is 5.43. The van der Waals surface area contributed by atoms with Crippen molar-refractivity contribution in [3.63, 3.8) is 0 Å². The first-order chi connectivity index (χ1) is 16.7. The van der Waals surface area contributed by atoms with Crippen molar-refractivity contribution in [1.29, 1.82) is 0 Å². The lowest BCUT2D eigenvalue weighted by molar-refractivity contribution is -0.137. The van der Waals surface area contributed by atoms with E-state index in [1.807, 2.05) is 0 Å². The number of carbonyl (C=O) groups is 1. The number of hydrogen-bond donors (Lipinski definition) is 1. The highest BCUT2D eigenvalue weighted by Crippen LogP contribution is 2.38. The van der Waals surface area contributed by atoms with E-state index in [0.29, 0.717) is 59.8 Å². The molecule has 0 radical (unpaired) electrons. The molecule has 7 nitrogen and oxygen atoms in total. The number of halogens is 4. The van der Waals surface area contributed by atoms with Gasteiger partial charge in [0, 0.05) is 43.1 Å². The normalized spacial score (nSPS) is 14.6. The molecule has 1 aromatic heterocycles. The number of carbonyl (C=O) groups excluding carboxylic acids is 1. The summed E-state index contributed by atoms with van der Waals surface area (Å²) in [5.74, 6) is 1.20. The van der Waals surface area contributed by atoms with Gasteiger partial charge in [-0.25, -0.2) is 9.97 Å². The van der Waals surface area contributed by atoms with Crippen molar-refractivity contribution in [2.45, 2.75) is 25.1 Å². The molecule has 2 heterocycles. The number of rotatable bonds is 6. The second-order valence-corrected chi connectivity index (χ2v) is 8.31. The molecule has 3 aromatic rings. The predicted octanol–water partition coefficient (Wildman–Crippen LogP) is 5.61. The average Bonchev–Trinajstić information content (AvgIpc) is 2.83. The Labute approximate surface area is 204 Å². The van der Waals surface area contributed by atoms with Crippen LogP contribution in [0.15, 0.2) is 49.3 Å². The van der Waals surface area contributed by atoms with E-state index < -0.39 is 16.8 Å². The van der Waals surface area contributed by atoms with Gasteiger partial charge in [0.25, 0.3) is 0 Å². The van der Waals surface area contributed by atoms with Gasteiger partial charge in [0.05, 0.1) is 23.2 Å². The van der Waals surface area contributed by atoms with E-state index in [1.165, 1.54) is 31.6 Å². The van der Waals surface area contributed by atoms with Crippen LogP contribution in [0.1, 0.15) is 18.4 Å². The summed E-state index contributed by atoms with van der Waals surface area (Å²) in [7, 11) is 1.52. The van der Waals surface area contributed by atoms with Crippen molar-refractivity contribution >= 4 is 39.9 Å². The van der Waals surface area contributed by atoms with Gasteiger partial charge in [-0.2, -0.15) is 13.2 Å². The summed E-state index contributed by atoms with van der Waals surface area (Å²) in [5.41, 5.74) is -0.0322. The van der Waals surface area contributed by atoms with Crippen molar-refractivity contribution in [3.8, 4) is 11.5 Å². The lowest BCUT2D eigenvalue weighted by Gasteiger charge is -2.31. The summed E-state index contributed by atoms with van der Waals surface area (Å²) in [5, 5.41) is 3.17. The monoisotopic (exact) mass is 506 g/mol. The van der Waals surface area contributed by atoms with Crippen LogP contribution in [0, 0.1) is 0 Å². The standard InChI is InChI=1S/C24H22ClF3N4O3/c1-3-22(33)32-8-6-15(7-9-32)35-21-11-16-19(12-20(21)34-2)29-13-30-23(16)31-14-4-5-17(18(25)10-14)24(26,27)28/h3-5,10-13,15H,1,6-9H2,2H3,(H,29,30,31). The summed E-state index contributed by atoms with van der Waals surface area (Å²) in [6.45, 7) is 4.62. The fourth-order valence-electron chi connectivity index (χ4n) is 3.88. The summed E-state index contributed by atoms with van der Waals surface area (Å²) in [6, 6.07) is 6.81. The molecule has 0 saturated carbocycles. The van der Waals surface area contributed by atoms with E-state index >= 15 is 0 Å². The minimum atomic E-state index is -4.55. The molecule has 1 fully saturated rings. The number of benzene rings is 2. The van der Waals surface area contributed by atoms with Crippen molar-refractivity contribution in [2.24, 2.45) is 0 Å². The molecule has 2 aromatic carbocycles. The summed E-state index contributed by atoms with van der Waals surface area (Å²) < 4.78 is 50.8. The van der Waals surface area contributed by atoms with Crippen molar-refractivity contribution in [2.75, 3.05) is 25.5 Å². The second kappa shape index (κ2) is 9.99. The maximum atomic E-state index is 13.0. The van der Waals surface area contributed by atoms with Crippen LogP contribution in [0.2, 0.25) is 5.02 Å². The first-order valence-electron chi connectivity index (χ1n) is 10.7. The minimum absolute atomic E-state index is 0.108. The van der Waals surface area contributed by atoms with Gasteiger partial charge in [-0.1, -0.05) is 18.2 Å². The Balaban J connectivity index is 1.60. The molecule has 1 aliphatic rings. The Morgan fingerprint density at radius 2 is 1.94 bits per heavy atom. The molecule has 35 heavy (non-hydrogen) atoms. The molecule has 184 valence electrons. The van der Waals surface area contributed by atoms with E-state index in [4.69, 9.17) is 21.1 Å². The number of ether oxygens (including phenoxy) is 2. The van der Waals surface area contributed by atoms with Crippen LogP contribution in [-0.2, 0) is 11.0 Å². The topological polar surface area (TPSA) is 76.6 Å². The molecule has 11 heteroatoms. The van der Waals surface area contributed by atoms with Crippen LogP contribution in [-0.4, -0.2) is 47.1 Å². The van der Waals surface area contributed by atoms with Crippen LogP contribution in [0.3, 0.4) is 0 Å². The van der Waals surface area contributed by atoms with Crippen molar-refractivity contribution in [1.82, 2.24) is 14.9 Å². The number of methoxy groups -OCH3 is 1. The van der Waals surface area contributed by atoms with Gasteiger partial charge >= 0.3 is 6.18 Å². The van der Waals surface area contributed by atoms with Crippen LogP contribution < -0.4 is 14.8 Å². The molecule has 0 unspecified atom stereocenters. The molecule has 1 saturated heterocycles. The number of hydrogen-bond acceptors (Lipinski definition) is 6. The highest BCUT2D eigenvalue weighted by atomic mass is 35.5. The lowest BCUT2D eigenvalue weighted by Crippen LogP contribution is -2.41. The van der Waals surface area contributed by atoms with Gasteiger partial charge in [-0.3, -0.25) is 4.79 Å². The number of nitrogens with zero attached hydrogens (tertiary/aromatic N) is 3. The van der Waals surface area contributed by atoms with Gasteiger partial charge in [-0.15, -0.1) is 0 Å². The molecule has 1 amide bonds. The fraction of sp³-hybridized carbons (Fsp3) is 0.292. The molecule has 0 aliphatic carbocycles. The van der Waals surface area contributed by atoms with E-state index in [2.05, 4.69) is 21.9 Å². The molecular weight excluding hydrogens is 485 g/mol. The Bertz CT molecular complexity index is 1260. The third-order valence-corrected chi connectivity index (χ3v) is 5.99. The number of alkyl halides is 3. The molecule has 4 rings (SSSR count). The van der Waals surface area contributed by atoms with Crippen LogP contribution >= 0.6 is 11.6 Å². The Morgan fingerprint density at radius 1 is 1.20 bits per heavy atom. The summed E-state index contributed by atoms with van der Waals surface area (Å²) in [6.07, 6.45) is -0.767. The molecular formula is C24H22ClF3N4O3. The molecule has 1 N–H and O–H groups in total. The van der Waals surface area contributed by atoms with Crippen LogP contribution in [0.5, 0.6) is 11.5 Å². The van der Waals surface area contributed by atoms with E-state index in [9.17, 15) is 18.0 Å². The molecule has 0 spiro atoms. The van der Waals surface area contributed by atoms with Gasteiger partial charge in [0.2, 0.25) is 5.91 Å². The number of nitrogens with one attached hydrogen (secondary N) is 1. The maximum absolute atomic E-state index is 13.0. The Morgan fingerprint density at radius 3 is 2.57 bits per heavy atom. The number of likely N-dealkylation sites (tertiary alicyclic amines) is 1. The largest absolute Gasteiger partial charge is 0.493 e. The highest BCUT2D eigenvalue weighted by molar-refractivity contribution is 6.31.